The second-order valence-electron chi connectivity index (χ2n) is 7.23. The van der Waals surface area contributed by atoms with E-state index in [1.807, 2.05) is 7.11 Å². The second-order valence-corrected chi connectivity index (χ2v) is 7.23. The summed E-state index contributed by atoms with van der Waals surface area (Å²) in [6, 6.07) is 0. The van der Waals surface area contributed by atoms with Gasteiger partial charge in [-0.25, -0.2) is 0 Å². The van der Waals surface area contributed by atoms with Crippen molar-refractivity contribution in [1.29, 1.82) is 0 Å². The molecular weight excluding hydrogens is 276 g/mol. The van der Waals surface area contributed by atoms with Gasteiger partial charge >= 0.3 is 0 Å². The van der Waals surface area contributed by atoms with Crippen LogP contribution in [0, 0.1) is 5.92 Å². The maximum atomic E-state index is 5.74. The van der Waals surface area contributed by atoms with E-state index in [4.69, 9.17) is 14.2 Å². The van der Waals surface area contributed by atoms with Gasteiger partial charge in [0.1, 0.15) is 6.10 Å². The monoisotopic (exact) mass is 314 g/mol. The normalized spacial score (nSPS) is 19.4. The lowest BCUT2D eigenvalue weighted by molar-refractivity contribution is -0.0373. The molecule has 1 saturated heterocycles. The minimum absolute atomic E-state index is 0.0248. The van der Waals surface area contributed by atoms with Crippen molar-refractivity contribution >= 4 is 0 Å². The molecule has 1 fully saturated rings. The second kappa shape index (κ2) is 11.4. The van der Waals surface area contributed by atoms with E-state index < -0.39 is 0 Å². The van der Waals surface area contributed by atoms with E-state index >= 15 is 0 Å². The topological polar surface area (TPSA) is 31.0 Å². The third-order valence-corrected chi connectivity index (χ3v) is 4.96. The van der Waals surface area contributed by atoms with E-state index in [2.05, 4.69) is 20.8 Å². The molecule has 0 amide bonds. The van der Waals surface area contributed by atoms with E-state index in [1.54, 1.807) is 0 Å². The van der Waals surface area contributed by atoms with Crippen molar-refractivity contribution < 1.29 is 14.2 Å². The van der Waals surface area contributed by atoms with Crippen molar-refractivity contribution in [2.24, 2.45) is 5.92 Å². The first kappa shape index (κ1) is 19.9. The van der Waals surface area contributed by atoms with Gasteiger partial charge in [-0.05, 0) is 39.0 Å². The van der Waals surface area contributed by atoms with E-state index in [-0.39, 0.29) is 5.60 Å². The first-order valence-electron chi connectivity index (χ1n) is 9.34. The summed E-state index contributed by atoms with van der Waals surface area (Å²) in [5.41, 5.74) is -0.0248. The zero-order valence-corrected chi connectivity index (χ0v) is 15.4. The summed E-state index contributed by atoms with van der Waals surface area (Å²) in [7, 11) is 1.84. The van der Waals surface area contributed by atoms with Gasteiger partial charge in [0, 0.05) is 13.7 Å². The van der Waals surface area contributed by atoms with Gasteiger partial charge in [0.05, 0.1) is 18.8 Å². The summed E-state index contributed by atoms with van der Waals surface area (Å²) in [6.45, 7) is 9.25. The molecule has 0 radical (unpaired) electrons. The predicted octanol–water partition coefficient (Wildman–Crippen LogP) is 4.97. The standard InChI is InChI=1S/C19H38O3/c1-5-6-7-8-9-10-12-17(19(2,3)20-4)13-11-14-21-15-18-16-22-18/h17-18H,5-16H2,1-4H3/t17-,18?/m1/s1. The molecule has 1 aliphatic heterocycles. The van der Waals surface area contributed by atoms with Crippen LogP contribution in [-0.4, -0.2) is 38.6 Å². The Morgan fingerprint density at radius 2 is 1.68 bits per heavy atom. The zero-order valence-electron chi connectivity index (χ0n) is 15.4. The number of methoxy groups -OCH3 is 1. The van der Waals surface area contributed by atoms with E-state index in [9.17, 15) is 0 Å². The molecule has 3 nitrogen and oxygen atoms in total. The fourth-order valence-corrected chi connectivity index (χ4v) is 2.99. The molecule has 0 bridgehead atoms. The van der Waals surface area contributed by atoms with Crippen LogP contribution in [0.3, 0.4) is 0 Å². The van der Waals surface area contributed by atoms with Crippen LogP contribution < -0.4 is 0 Å². The highest BCUT2D eigenvalue weighted by Crippen LogP contribution is 2.30. The number of ether oxygens (including phenoxy) is 3. The van der Waals surface area contributed by atoms with Gasteiger partial charge in [-0.15, -0.1) is 0 Å². The Labute approximate surface area is 138 Å². The van der Waals surface area contributed by atoms with Crippen molar-refractivity contribution in [2.45, 2.75) is 90.3 Å². The SMILES string of the molecule is CCCCCCCC[C@H](CCCOCC1CO1)C(C)(C)OC. The van der Waals surface area contributed by atoms with Gasteiger partial charge < -0.3 is 14.2 Å². The first-order valence-corrected chi connectivity index (χ1v) is 9.34. The smallest absolute Gasteiger partial charge is 0.104 e. The Morgan fingerprint density at radius 3 is 2.32 bits per heavy atom. The number of epoxide rings is 1. The summed E-state index contributed by atoms with van der Waals surface area (Å²) in [5, 5.41) is 0. The van der Waals surface area contributed by atoms with Crippen molar-refractivity contribution in [3.05, 3.63) is 0 Å². The fourth-order valence-electron chi connectivity index (χ4n) is 2.99. The molecule has 0 N–H and O–H groups in total. The fraction of sp³-hybridized carbons (Fsp3) is 1.00. The Kier molecular flexibility index (Phi) is 10.3. The Morgan fingerprint density at radius 1 is 1.05 bits per heavy atom. The Bertz CT molecular complexity index is 261. The largest absolute Gasteiger partial charge is 0.379 e. The molecule has 0 saturated carbocycles. The predicted molar refractivity (Wildman–Crippen MR) is 92.4 cm³/mol. The molecule has 1 unspecified atom stereocenters. The van der Waals surface area contributed by atoms with Crippen molar-refractivity contribution in [3.63, 3.8) is 0 Å². The van der Waals surface area contributed by atoms with Crippen LogP contribution in [0.15, 0.2) is 0 Å². The average Bonchev–Trinajstić information content (AvgIpc) is 3.32. The van der Waals surface area contributed by atoms with Crippen LogP contribution in [0.25, 0.3) is 0 Å². The van der Waals surface area contributed by atoms with Crippen LogP contribution in [0.1, 0.15) is 78.6 Å². The van der Waals surface area contributed by atoms with Gasteiger partial charge in [0.15, 0.2) is 0 Å². The molecular formula is C19H38O3. The van der Waals surface area contributed by atoms with Crippen LogP contribution in [-0.2, 0) is 14.2 Å². The lowest BCUT2D eigenvalue weighted by Gasteiger charge is -2.33. The number of unbranched alkanes of at least 4 members (excludes halogenated alkanes) is 5. The molecule has 0 aromatic rings. The van der Waals surface area contributed by atoms with Crippen LogP contribution in [0.4, 0.5) is 0 Å². The highest BCUT2D eigenvalue weighted by molar-refractivity contribution is 4.79. The molecule has 1 aliphatic rings. The van der Waals surface area contributed by atoms with Gasteiger partial charge in [0.2, 0.25) is 0 Å². The lowest BCUT2D eigenvalue weighted by atomic mass is 9.82. The van der Waals surface area contributed by atoms with Crippen LogP contribution in [0.2, 0.25) is 0 Å². The van der Waals surface area contributed by atoms with E-state index in [0.717, 1.165) is 26.2 Å². The van der Waals surface area contributed by atoms with E-state index in [1.165, 1.54) is 51.4 Å². The van der Waals surface area contributed by atoms with Crippen molar-refractivity contribution in [1.82, 2.24) is 0 Å². The first-order chi connectivity index (χ1) is 10.6. The third-order valence-electron chi connectivity index (χ3n) is 4.96. The maximum absolute atomic E-state index is 5.74. The molecule has 0 aliphatic carbocycles. The maximum Gasteiger partial charge on any atom is 0.104 e. The van der Waals surface area contributed by atoms with Gasteiger partial charge in [-0.1, -0.05) is 45.4 Å². The molecule has 22 heavy (non-hydrogen) atoms. The number of hydrogen-bond donors (Lipinski definition) is 0. The third kappa shape index (κ3) is 9.12. The summed E-state index contributed by atoms with van der Waals surface area (Å²) < 4.78 is 16.6. The van der Waals surface area contributed by atoms with Gasteiger partial charge in [-0.3, -0.25) is 0 Å². The minimum atomic E-state index is -0.0248. The van der Waals surface area contributed by atoms with Crippen LogP contribution in [0.5, 0.6) is 0 Å². The molecule has 132 valence electrons. The van der Waals surface area contributed by atoms with Gasteiger partial charge in [0.25, 0.3) is 0 Å². The minimum Gasteiger partial charge on any atom is -0.379 e. The zero-order chi connectivity index (χ0) is 16.3. The van der Waals surface area contributed by atoms with Gasteiger partial charge in [-0.2, -0.15) is 0 Å². The highest BCUT2D eigenvalue weighted by Gasteiger charge is 2.28. The number of rotatable bonds is 15. The summed E-state index contributed by atoms with van der Waals surface area (Å²) >= 11 is 0. The quantitative estimate of drug-likeness (QED) is 0.316. The molecule has 0 aromatic carbocycles. The van der Waals surface area contributed by atoms with Crippen molar-refractivity contribution in [3.8, 4) is 0 Å². The molecule has 1 heterocycles. The summed E-state index contributed by atoms with van der Waals surface area (Å²) in [6.07, 6.45) is 12.2. The molecule has 0 aromatic heterocycles. The summed E-state index contributed by atoms with van der Waals surface area (Å²) in [5.74, 6) is 0.629. The molecule has 1 rings (SSSR count). The van der Waals surface area contributed by atoms with E-state index in [0.29, 0.717) is 12.0 Å². The molecule has 3 heteroatoms. The van der Waals surface area contributed by atoms with Crippen molar-refractivity contribution in [2.75, 3.05) is 26.9 Å². The molecule has 2 atom stereocenters. The number of hydrogen-bond acceptors (Lipinski definition) is 3. The highest BCUT2D eigenvalue weighted by atomic mass is 16.6. The Balaban J connectivity index is 2.14. The molecule has 0 spiro atoms. The summed E-state index contributed by atoms with van der Waals surface area (Å²) in [4.78, 5) is 0. The average molecular weight is 315 g/mol. The lowest BCUT2D eigenvalue weighted by Crippen LogP contribution is -2.33. The Hall–Kier alpha value is -0.120. The van der Waals surface area contributed by atoms with Crippen LogP contribution >= 0.6 is 0 Å².